The molecule has 1 aromatic rings. The second-order valence-electron chi connectivity index (χ2n) is 4.46. The number of nitrogens with zero attached hydrogens (tertiary/aromatic N) is 2. The lowest BCUT2D eigenvalue weighted by molar-refractivity contribution is 0.429. The van der Waals surface area contributed by atoms with E-state index >= 15 is 0 Å². The van der Waals surface area contributed by atoms with E-state index in [9.17, 15) is 0 Å². The summed E-state index contributed by atoms with van der Waals surface area (Å²) >= 11 is 0. The Morgan fingerprint density at radius 3 is 2.81 bits per heavy atom. The van der Waals surface area contributed by atoms with Gasteiger partial charge in [-0.3, -0.25) is 4.68 Å². The normalized spacial score (nSPS) is 12.9. The van der Waals surface area contributed by atoms with Gasteiger partial charge in [-0.2, -0.15) is 5.10 Å². The molecule has 0 saturated carbocycles. The minimum Gasteiger partial charge on any atom is -0.316 e. The fraction of sp³-hybridized carbons (Fsp3) is 0.769. The SMILES string of the molecule is CCCNCC(CC)CCc1ccnn1C. The second-order valence-corrected chi connectivity index (χ2v) is 4.46. The first-order valence-corrected chi connectivity index (χ1v) is 6.45. The van der Waals surface area contributed by atoms with E-state index in [0.29, 0.717) is 0 Å². The van der Waals surface area contributed by atoms with Crippen LogP contribution in [0.5, 0.6) is 0 Å². The predicted molar refractivity (Wildman–Crippen MR) is 68.5 cm³/mol. The molecule has 3 heteroatoms. The Labute approximate surface area is 99.2 Å². The topological polar surface area (TPSA) is 29.9 Å². The van der Waals surface area contributed by atoms with Crippen LogP contribution in [0.2, 0.25) is 0 Å². The van der Waals surface area contributed by atoms with Gasteiger partial charge in [0.1, 0.15) is 0 Å². The molecule has 0 aromatic carbocycles. The summed E-state index contributed by atoms with van der Waals surface area (Å²) in [5, 5.41) is 7.71. The lowest BCUT2D eigenvalue weighted by atomic mass is 9.99. The van der Waals surface area contributed by atoms with E-state index in [1.165, 1.54) is 25.0 Å². The van der Waals surface area contributed by atoms with E-state index in [2.05, 4.69) is 30.3 Å². The van der Waals surface area contributed by atoms with E-state index in [-0.39, 0.29) is 0 Å². The van der Waals surface area contributed by atoms with Crippen LogP contribution in [-0.2, 0) is 13.5 Å². The van der Waals surface area contributed by atoms with Crippen molar-refractivity contribution in [1.29, 1.82) is 0 Å². The second kappa shape index (κ2) is 7.44. The summed E-state index contributed by atoms with van der Waals surface area (Å²) in [4.78, 5) is 0. The van der Waals surface area contributed by atoms with Crippen LogP contribution in [0.3, 0.4) is 0 Å². The number of aromatic nitrogens is 2. The van der Waals surface area contributed by atoms with Crippen molar-refractivity contribution in [2.75, 3.05) is 13.1 Å². The molecule has 0 fully saturated rings. The molecule has 3 nitrogen and oxygen atoms in total. The Kier molecular flexibility index (Phi) is 6.16. The van der Waals surface area contributed by atoms with Crippen molar-refractivity contribution in [3.8, 4) is 0 Å². The van der Waals surface area contributed by atoms with Crippen molar-refractivity contribution in [2.45, 2.75) is 39.5 Å². The first-order valence-electron chi connectivity index (χ1n) is 6.45. The summed E-state index contributed by atoms with van der Waals surface area (Å²) in [7, 11) is 2.02. The largest absolute Gasteiger partial charge is 0.316 e. The summed E-state index contributed by atoms with van der Waals surface area (Å²) in [5.74, 6) is 0.793. The van der Waals surface area contributed by atoms with Crippen LogP contribution in [0.1, 0.15) is 38.8 Å². The van der Waals surface area contributed by atoms with Crippen molar-refractivity contribution in [2.24, 2.45) is 13.0 Å². The molecule has 0 radical (unpaired) electrons. The zero-order valence-electron chi connectivity index (χ0n) is 10.9. The lowest BCUT2D eigenvalue weighted by Crippen LogP contribution is -2.23. The number of hydrogen-bond donors (Lipinski definition) is 1. The Morgan fingerprint density at radius 2 is 2.25 bits per heavy atom. The van der Waals surface area contributed by atoms with Crippen molar-refractivity contribution < 1.29 is 0 Å². The van der Waals surface area contributed by atoms with Crippen LogP contribution < -0.4 is 5.32 Å². The fourth-order valence-corrected chi connectivity index (χ4v) is 1.93. The number of rotatable bonds is 8. The molecule has 0 amide bonds. The van der Waals surface area contributed by atoms with Crippen LogP contribution >= 0.6 is 0 Å². The van der Waals surface area contributed by atoms with Gasteiger partial charge in [-0.05, 0) is 44.3 Å². The van der Waals surface area contributed by atoms with E-state index in [0.717, 1.165) is 25.4 Å². The minimum absolute atomic E-state index is 0.793. The smallest absolute Gasteiger partial charge is 0.0492 e. The van der Waals surface area contributed by atoms with E-state index in [1.54, 1.807) is 0 Å². The van der Waals surface area contributed by atoms with Crippen LogP contribution in [-0.4, -0.2) is 22.9 Å². The molecule has 0 spiro atoms. The molecule has 92 valence electrons. The molecular weight excluding hydrogens is 198 g/mol. The molecule has 1 N–H and O–H groups in total. The molecule has 1 rings (SSSR count). The van der Waals surface area contributed by atoms with E-state index in [1.807, 2.05) is 17.9 Å². The van der Waals surface area contributed by atoms with Crippen molar-refractivity contribution in [1.82, 2.24) is 15.1 Å². The van der Waals surface area contributed by atoms with Gasteiger partial charge in [0.2, 0.25) is 0 Å². The molecule has 1 unspecified atom stereocenters. The molecule has 0 saturated heterocycles. The molecule has 1 atom stereocenters. The summed E-state index contributed by atoms with van der Waals surface area (Å²) in [6.07, 6.45) is 6.76. The highest BCUT2D eigenvalue weighted by molar-refractivity contribution is 5.00. The van der Waals surface area contributed by atoms with Gasteiger partial charge in [0.15, 0.2) is 0 Å². The molecule has 16 heavy (non-hydrogen) atoms. The number of nitrogens with one attached hydrogen (secondary N) is 1. The molecule has 1 aromatic heterocycles. The Bertz CT molecular complexity index is 280. The molecular formula is C13H25N3. The molecule has 0 aliphatic heterocycles. The predicted octanol–water partition coefficient (Wildman–Crippen LogP) is 2.38. The van der Waals surface area contributed by atoms with E-state index in [4.69, 9.17) is 0 Å². The van der Waals surface area contributed by atoms with Gasteiger partial charge in [-0.15, -0.1) is 0 Å². The van der Waals surface area contributed by atoms with Gasteiger partial charge in [0.25, 0.3) is 0 Å². The van der Waals surface area contributed by atoms with Gasteiger partial charge >= 0.3 is 0 Å². The average Bonchev–Trinajstić information content (AvgIpc) is 2.69. The number of aryl methyl sites for hydroxylation is 2. The highest BCUT2D eigenvalue weighted by Gasteiger charge is 2.07. The molecule has 0 aliphatic carbocycles. The number of hydrogen-bond acceptors (Lipinski definition) is 2. The minimum atomic E-state index is 0.793. The van der Waals surface area contributed by atoms with Crippen molar-refractivity contribution >= 4 is 0 Å². The Hall–Kier alpha value is -0.830. The van der Waals surface area contributed by atoms with Gasteiger partial charge in [0, 0.05) is 18.9 Å². The van der Waals surface area contributed by atoms with Crippen LogP contribution in [0, 0.1) is 5.92 Å². The highest BCUT2D eigenvalue weighted by atomic mass is 15.2. The summed E-state index contributed by atoms with van der Waals surface area (Å²) in [6, 6.07) is 2.12. The first kappa shape index (κ1) is 13.2. The van der Waals surface area contributed by atoms with Crippen LogP contribution in [0.4, 0.5) is 0 Å². The maximum atomic E-state index is 4.20. The highest BCUT2D eigenvalue weighted by Crippen LogP contribution is 2.11. The maximum Gasteiger partial charge on any atom is 0.0492 e. The zero-order valence-corrected chi connectivity index (χ0v) is 10.9. The Morgan fingerprint density at radius 1 is 1.44 bits per heavy atom. The monoisotopic (exact) mass is 223 g/mol. The van der Waals surface area contributed by atoms with Crippen molar-refractivity contribution in [3.63, 3.8) is 0 Å². The molecule has 0 bridgehead atoms. The van der Waals surface area contributed by atoms with Crippen LogP contribution in [0.25, 0.3) is 0 Å². The third kappa shape index (κ3) is 4.35. The van der Waals surface area contributed by atoms with Gasteiger partial charge in [-0.1, -0.05) is 20.3 Å². The standard InChI is InChI=1S/C13H25N3/c1-4-9-14-11-12(5-2)6-7-13-8-10-15-16(13)3/h8,10,12,14H,4-7,9,11H2,1-3H3. The summed E-state index contributed by atoms with van der Waals surface area (Å²) in [5.41, 5.74) is 1.34. The van der Waals surface area contributed by atoms with Gasteiger partial charge in [-0.25, -0.2) is 0 Å². The molecule has 1 heterocycles. The third-order valence-electron chi connectivity index (χ3n) is 3.17. The quantitative estimate of drug-likeness (QED) is 0.686. The third-order valence-corrected chi connectivity index (χ3v) is 3.17. The van der Waals surface area contributed by atoms with Gasteiger partial charge < -0.3 is 5.32 Å². The van der Waals surface area contributed by atoms with E-state index < -0.39 is 0 Å². The Balaban J connectivity index is 2.26. The zero-order chi connectivity index (χ0) is 11.8. The summed E-state index contributed by atoms with van der Waals surface area (Å²) in [6.45, 7) is 6.79. The van der Waals surface area contributed by atoms with Crippen molar-refractivity contribution in [3.05, 3.63) is 18.0 Å². The van der Waals surface area contributed by atoms with Gasteiger partial charge in [0.05, 0.1) is 0 Å². The average molecular weight is 223 g/mol. The molecule has 0 aliphatic rings. The first-order chi connectivity index (χ1) is 7.77. The summed E-state index contributed by atoms with van der Waals surface area (Å²) < 4.78 is 1.98. The maximum absolute atomic E-state index is 4.20. The fourth-order valence-electron chi connectivity index (χ4n) is 1.93. The van der Waals surface area contributed by atoms with Crippen LogP contribution in [0.15, 0.2) is 12.3 Å². The lowest BCUT2D eigenvalue weighted by Gasteiger charge is -2.15.